The summed E-state index contributed by atoms with van der Waals surface area (Å²) < 4.78 is 11.2. The van der Waals surface area contributed by atoms with Crippen LogP contribution in [0.25, 0.3) is 0 Å². The number of amides is 1. The van der Waals surface area contributed by atoms with E-state index in [1.54, 1.807) is 6.08 Å². The van der Waals surface area contributed by atoms with Crippen LogP contribution in [0.15, 0.2) is 85.1 Å². The lowest BCUT2D eigenvalue weighted by atomic mass is 9.99. The van der Waals surface area contributed by atoms with Gasteiger partial charge in [-0.25, -0.2) is 0 Å². The van der Waals surface area contributed by atoms with Crippen LogP contribution in [0.4, 0.5) is 0 Å². The molecule has 0 radical (unpaired) electrons. The number of unbranched alkanes of at least 4 members (excludes halogenated alkanes) is 24. The molecule has 1 fully saturated rings. The van der Waals surface area contributed by atoms with Gasteiger partial charge in [0.05, 0.1) is 25.4 Å². The molecule has 0 aliphatic carbocycles. The van der Waals surface area contributed by atoms with Crippen molar-refractivity contribution in [2.45, 2.75) is 269 Å². The molecular formula is C59H103NO8. The van der Waals surface area contributed by atoms with Gasteiger partial charge in [-0.1, -0.05) is 221 Å². The van der Waals surface area contributed by atoms with Gasteiger partial charge in [-0.2, -0.15) is 0 Å². The van der Waals surface area contributed by atoms with E-state index in [-0.39, 0.29) is 12.5 Å². The largest absolute Gasteiger partial charge is 0.394 e. The fourth-order valence-corrected chi connectivity index (χ4v) is 8.30. The molecule has 392 valence electrons. The molecule has 1 amide bonds. The van der Waals surface area contributed by atoms with Crippen LogP contribution in [-0.4, -0.2) is 87.5 Å². The van der Waals surface area contributed by atoms with Crippen LogP contribution in [0, 0.1) is 0 Å². The minimum Gasteiger partial charge on any atom is -0.394 e. The zero-order valence-electron chi connectivity index (χ0n) is 43.3. The fraction of sp³-hybridized carbons (Fsp3) is 0.746. The topological polar surface area (TPSA) is 149 Å². The maximum absolute atomic E-state index is 13.0. The lowest BCUT2D eigenvalue weighted by Gasteiger charge is -2.40. The Kier molecular flexibility index (Phi) is 44.8. The summed E-state index contributed by atoms with van der Waals surface area (Å²) in [6, 6.07) is -0.833. The minimum absolute atomic E-state index is 0.194. The van der Waals surface area contributed by atoms with Crippen molar-refractivity contribution in [3.8, 4) is 0 Å². The van der Waals surface area contributed by atoms with E-state index in [0.29, 0.717) is 6.42 Å². The van der Waals surface area contributed by atoms with Crippen LogP contribution in [-0.2, 0) is 14.3 Å². The highest BCUT2D eigenvalue weighted by Crippen LogP contribution is 2.23. The standard InChI is InChI=1S/C59H103NO8/c1-3-5-7-9-11-13-15-17-19-21-23-24-25-26-27-28-29-30-31-33-35-37-39-41-43-45-47-49-55(63)60-52(51-67-59-58(66)57(65)56(64)54(50-61)68-59)53(62)48-46-44-42-40-38-36-34-32-22-20-18-16-14-12-10-8-6-4-2/h5,7,11,13,17,19,22-24,32,38,40,46,48,52-54,56-59,61-62,64-66H,3-4,6,8-10,12,14-16,18,20-21,25-31,33-37,39,41-45,47,49-51H2,1-2H3,(H,60,63)/b7-5-,13-11-,19-17-,24-23-,32-22+,40-38+,48-46+. The Hall–Kier alpha value is -2.63. The van der Waals surface area contributed by atoms with Crippen LogP contribution in [0.3, 0.4) is 0 Å². The molecule has 0 aromatic heterocycles. The predicted molar refractivity (Wildman–Crippen MR) is 285 cm³/mol. The average Bonchev–Trinajstić information content (AvgIpc) is 3.34. The van der Waals surface area contributed by atoms with Gasteiger partial charge < -0.3 is 40.3 Å². The normalized spacial score (nSPS) is 20.2. The second kappa shape index (κ2) is 48.0. The van der Waals surface area contributed by atoms with Crippen molar-refractivity contribution >= 4 is 5.91 Å². The fourth-order valence-electron chi connectivity index (χ4n) is 8.30. The first-order valence-electron chi connectivity index (χ1n) is 27.8. The number of hydrogen-bond acceptors (Lipinski definition) is 8. The van der Waals surface area contributed by atoms with Crippen molar-refractivity contribution < 1.29 is 39.8 Å². The molecule has 0 aromatic rings. The Balaban J connectivity index is 2.25. The first-order valence-corrected chi connectivity index (χ1v) is 27.8. The highest BCUT2D eigenvalue weighted by Gasteiger charge is 2.44. The Morgan fingerprint density at radius 3 is 1.41 bits per heavy atom. The van der Waals surface area contributed by atoms with E-state index in [0.717, 1.165) is 77.0 Å². The minimum atomic E-state index is -1.58. The lowest BCUT2D eigenvalue weighted by molar-refractivity contribution is -0.302. The molecule has 7 unspecified atom stereocenters. The molecule has 1 aliphatic heterocycles. The second-order valence-electron chi connectivity index (χ2n) is 19.0. The van der Waals surface area contributed by atoms with Crippen molar-refractivity contribution in [1.82, 2.24) is 5.32 Å². The maximum atomic E-state index is 13.0. The van der Waals surface area contributed by atoms with Crippen molar-refractivity contribution in [2.75, 3.05) is 13.2 Å². The quantitative estimate of drug-likeness (QED) is 0.0261. The summed E-state index contributed by atoms with van der Waals surface area (Å²) in [5, 5.41) is 54.4. The smallest absolute Gasteiger partial charge is 0.220 e. The molecule has 0 spiro atoms. The van der Waals surface area contributed by atoms with Crippen molar-refractivity contribution in [3.05, 3.63) is 85.1 Å². The van der Waals surface area contributed by atoms with Gasteiger partial charge in [0, 0.05) is 6.42 Å². The zero-order valence-corrected chi connectivity index (χ0v) is 43.3. The molecule has 1 rings (SSSR count). The molecule has 1 saturated heterocycles. The van der Waals surface area contributed by atoms with E-state index in [9.17, 15) is 30.3 Å². The summed E-state index contributed by atoms with van der Waals surface area (Å²) in [4.78, 5) is 13.0. The molecule has 0 aromatic carbocycles. The van der Waals surface area contributed by atoms with Gasteiger partial charge in [0.1, 0.15) is 24.4 Å². The van der Waals surface area contributed by atoms with Crippen LogP contribution >= 0.6 is 0 Å². The van der Waals surface area contributed by atoms with Crippen LogP contribution in [0.2, 0.25) is 0 Å². The summed E-state index contributed by atoms with van der Waals surface area (Å²) >= 11 is 0. The highest BCUT2D eigenvalue weighted by molar-refractivity contribution is 5.76. The van der Waals surface area contributed by atoms with E-state index in [1.165, 1.54) is 128 Å². The molecular weight excluding hydrogens is 851 g/mol. The molecule has 0 saturated carbocycles. The van der Waals surface area contributed by atoms with Gasteiger partial charge in [-0.15, -0.1) is 0 Å². The van der Waals surface area contributed by atoms with Gasteiger partial charge in [0.25, 0.3) is 0 Å². The van der Waals surface area contributed by atoms with Gasteiger partial charge in [-0.05, 0) is 83.5 Å². The number of allylic oxidation sites excluding steroid dienone is 13. The van der Waals surface area contributed by atoms with Crippen LogP contribution < -0.4 is 5.32 Å². The van der Waals surface area contributed by atoms with Gasteiger partial charge in [0.15, 0.2) is 6.29 Å². The summed E-state index contributed by atoms with van der Waals surface area (Å²) in [5.74, 6) is -0.194. The number of aliphatic hydroxyl groups is 5. The van der Waals surface area contributed by atoms with Crippen molar-refractivity contribution in [1.29, 1.82) is 0 Å². The Bertz CT molecular complexity index is 1340. The molecule has 0 bridgehead atoms. The third-order valence-corrected chi connectivity index (χ3v) is 12.7. The molecule has 7 atom stereocenters. The number of carbonyl (C=O) groups is 1. The van der Waals surface area contributed by atoms with Gasteiger partial charge >= 0.3 is 0 Å². The Morgan fingerprint density at radius 1 is 0.515 bits per heavy atom. The summed E-state index contributed by atoms with van der Waals surface area (Å²) in [5.41, 5.74) is 0. The number of rotatable bonds is 46. The number of hydrogen-bond donors (Lipinski definition) is 6. The predicted octanol–water partition coefficient (Wildman–Crippen LogP) is 13.5. The Labute approximate surface area is 416 Å². The van der Waals surface area contributed by atoms with E-state index in [4.69, 9.17) is 9.47 Å². The van der Waals surface area contributed by atoms with E-state index in [2.05, 4.69) is 92.1 Å². The molecule has 1 aliphatic rings. The maximum Gasteiger partial charge on any atom is 0.220 e. The second-order valence-corrected chi connectivity index (χ2v) is 19.0. The van der Waals surface area contributed by atoms with Gasteiger partial charge in [0.2, 0.25) is 5.91 Å². The molecule has 9 heteroatoms. The molecule has 1 heterocycles. The van der Waals surface area contributed by atoms with Crippen molar-refractivity contribution in [3.63, 3.8) is 0 Å². The SMILES string of the molecule is CC/C=C\C/C=C\C/C=C\C/C=C\CCCCCCCCCCCCCCCCC(=O)NC(COC1OC(CO)C(O)C(O)C1O)C(O)/C=C/CC/C=C/CC/C=C/CCCCCCCCCC. The average molecular weight is 954 g/mol. The number of ether oxygens (including phenoxy) is 2. The lowest BCUT2D eigenvalue weighted by Crippen LogP contribution is -2.60. The third-order valence-electron chi connectivity index (χ3n) is 12.7. The summed E-state index contributed by atoms with van der Waals surface area (Å²) in [7, 11) is 0. The number of aliphatic hydroxyl groups excluding tert-OH is 5. The third kappa shape index (κ3) is 37.2. The van der Waals surface area contributed by atoms with Crippen molar-refractivity contribution in [2.24, 2.45) is 0 Å². The summed E-state index contributed by atoms with van der Waals surface area (Å²) in [6.07, 6.45) is 60.7. The van der Waals surface area contributed by atoms with Gasteiger partial charge in [-0.3, -0.25) is 4.79 Å². The van der Waals surface area contributed by atoms with E-state index >= 15 is 0 Å². The Morgan fingerprint density at radius 2 is 0.926 bits per heavy atom. The zero-order chi connectivity index (χ0) is 49.4. The monoisotopic (exact) mass is 954 g/mol. The number of nitrogens with one attached hydrogen (secondary N) is 1. The van der Waals surface area contributed by atoms with E-state index in [1.807, 2.05) is 6.08 Å². The number of carbonyl (C=O) groups excluding carboxylic acids is 1. The first-order chi connectivity index (χ1) is 33.3. The molecule has 9 nitrogen and oxygen atoms in total. The summed E-state index contributed by atoms with van der Waals surface area (Å²) in [6.45, 7) is 3.64. The first kappa shape index (κ1) is 63.4. The van der Waals surface area contributed by atoms with E-state index < -0.39 is 49.5 Å². The molecule has 6 N–H and O–H groups in total. The highest BCUT2D eigenvalue weighted by atomic mass is 16.7. The van der Waals surface area contributed by atoms with Crippen LogP contribution in [0.1, 0.15) is 226 Å². The van der Waals surface area contributed by atoms with Crippen LogP contribution in [0.5, 0.6) is 0 Å². The molecule has 68 heavy (non-hydrogen) atoms.